The molecule has 3 heterocycles. The number of nitrogens with one attached hydrogen (secondary N) is 1. The first kappa shape index (κ1) is 24.4. The van der Waals surface area contributed by atoms with Gasteiger partial charge in [0.05, 0.1) is 36.0 Å². The zero-order valence-corrected chi connectivity index (χ0v) is 20.8. The standard InChI is InChI=1S/C27H29FN4O3S/c28-21-7-5-19(6-8-21)17-25(33)32-11-9-20(10-12-32)27-30-23(18-36-27)26(34)29-22-3-1-2-4-24(22)31-13-15-35-16-14-31/h1-8,18,20H,9-17H2,(H,29,34). The van der Waals surface area contributed by atoms with Gasteiger partial charge >= 0.3 is 0 Å². The molecule has 2 amide bonds. The number of halogens is 1. The van der Waals surface area contributed by atoms with Crippen LogP contribution < -0.4 is 10.2 Å². The summed E-state index contributed by atoms with van der Waals surface area (Å²) >= 11 is 1.50. The quantitative estimate of drug-likeness (QED) is 0.537. The number of nitrogens with zero attached hydrogens (tertiary/aromatic N) is 3. The molecule has 1 N–H and O–H groups in total. The van der Waals surface area contributed by atoms with Crippen molar-refractivity contribution in [3.05, 3.63) is 76.0 Å². The third-order valence-corrected chi connectivity index (χ3v) is 7.73. The highest BCUT2D eigenvalue weighted by Gasteiger charge is 2.26. The highest BCUT2D eigenvalue weighted by molar-refractivity contribution is 7.10. The molecule has 1 aromatic heterocycles. The van der Waals surface area contributed by atoms with Crippen LogP contribution in [0.1, 0.15) is 39.8 Å². The molecule has 0 radical (unpaired) electrons. The first-order chi connectivity index (χ1) is 17.6. The van der Waals surface area contributed by atoms with Gasteiger partial charge in [-0.3, -0.25) is 9.59 Å². The second kappa shape index (κ2) is 11.2. The van der Waals surface area contributed by atoms with E-state index < -0.39 is 0 Å². The molecule has 5 rings (SSSR count). The number of ether oxygens (including phenoxy) is 1. The van der Waals surface area contributed by atoms with Crippen molar-refractivity contribution in [3.8, 4) is 0 Å². The normalized spacial score (nSPS) is 16.7. The van der Waals surface area contributed by atoms with Crippen molar-refractivity contribution < 1.29 is 18.7 Å². The zero-order chi connectivity index (χ0) is 24.9. The average molecular weight is 509 g/mol. The van der Waals surface area contributed by atoms with E-state index >= 15 is 0 Å². The van der Waals surface area contributed by atoms with Gasteiger partial charge in [0.1, 0.15) is 11.5 Å². The number of para-hydroxylation sites is 2. The van der Waals surface area contributed by atoms with Crippen LogP contribution in [0.3, 0.4) is 0 Å². The van der Waals surface area contributed by atoms with Crippen molar-refractivity contribution in [2.24, 2.45) is 0 Å². The van der Waals surface area contributed by atoms with Crippen molar-refractivity contribution in [3.63, 3.8) is 0 Å². The number of carbonyl (C=O) groups is 2. The van der Waals surface area contributed by atoms with Crippen LogP contribution in [0.4, 0.5) is 15.8 Å². The van der Waals surface area contributed by atoms with Gasteiger partial charge in [0.2, 0.25) is 5.91 Å². The minimum absolute atomic E-state index is 0.0539. The van der Waals surface area contributed by atoms with Gasteiger partial charge in [0.15, 0.2) is 0 Å². The van der Waals surface area contributed by atoms with E-state index in [1.165, 1.54) is 23.5 Å². The molecule has 9 heteroatoms. The topological polar surface area (TPSA) is 74.8 Å². The molecule has 188 valence electrons. The summed E-state index contributed by atoms with van der Waals surface area (Å²) in [5.41, 5.74) is 2.99. The molecule has 2 aromatic carbocycles. The number of hydrogen-bond donors (Lipinski definition) is 1. The Morgan fingerprint density at radius 1 is 1.03 bits per heavy atom. The summed E-state index contributed by atoms with van der Waals surface area (Å²) in [4.78, 5) is 34.4. The van der Waals surface area contributed by atoms with Crippen molar-refractivity contribution in [2.45, 2.75) is 25.2 Å². The number of likely N-dealkylation sites (tertiary alicyclic amines) is 1. The summed E-state index contributed by atoms with van der Waals surface area (Å²) in [6.07, 6.45) is 1.89. The number of amides is 2. The van der Waals surface area contributed by atoms with Crippen LogP contribution in [-0.4, -0.2) is 61.1 Å². The summed E-state index contributed by atoms with van der Waals surface area (Å²) in [7, 11) is 0. The van der Waals surface area contributed by atoms with Gasteiger partial charge in [-0.05, 0) is 42.7 Å². The van der Waals surface area contributed by atoms with Crippen molar-refractivity contribution in [1.82, 2.24) is 9.88 Å². The molecule has 0 saturated carbocycles. The summed E-state index contributed by atoms with van der Waals surface area (Å²) in [6.45, 7) is 4.23. The van der Waals surface area contributed by atoms with Crippen molar-refractivity contribution >= 4 is 34.5 Å². The molecule has 36 heavy (non-hydrogen) atoms. The van der Waals surface area contributed by atoms with Gasteiger partial charge in [-0.25, -0.2) is 9.37 Å². The second-order valence-electron chi connectivity index (χ2n) is 9.10. The third kappa shape index (κ3) is 5.74. The van der Waals surface area contributed by atoms with Crippen LogP contribution in [0, 0.1) is 5.82 Å². The summed E-state index contributed by atoms with van der Waals surface area (Å²) in [6, 6.07) is 13.9. The first-order valence-corrected chi connectivity index (χ1v) is 13.2. The van der Waals surface area contributed by atoms with E-state index in [1.807, 2.05) is 34.5 Å². The Morgan fingerprint density at radius 3 is 2.50 bits per heavy atom. The molecule has 2 aliphatic heterocycles. The van der Waals surface area contributed by atoms with Crippen LogP contribution >= 0.6 is 11.3 Å². The van der Waals surface area contributed by atoms with Crippen molar-refractivity contribution in [1.29, 1.82) is 0 Å². The van der Waals surface area contributed by atoms with E-state index in [0.29, 0.717) is 32.0 Å². The molecular formula is C27H29FN4O3S. The lowest BCUT2D eigenvalue weighted by atomic mass is 9.97. The lowest BCUT2D eigenvalue weighted by Gasteiger charge is -2.31. The van der Waals surface area contributed by atoms with Gasteiger partial charge in [-0.2, -0.15) is 0 Å². The molecule has 0 aliphatic carbocycles. The number of morpholine rings is 1. The van der Waals surface area contributed by atoms with Gasteiger partial charge in [-0.15, -0.1) is 11.3 Å². The van der Waals surface area contributed by atoms with Crippen LogP contribution in [0.25, 0.3) is 0 Å². The third-order valence-electron chi connectivity index (χ3n) is 6.72. The summed E-state index contributed by atoms with van der Waals surface area (Å²) in [5, 5.41) is 5.79. The summed E-state index contributed by atoms with van der Waals surface area (Å²) < 4.78 is 18.6. The van der Waals surface area contributed by atoms with Gasteiger partial charge in [0, 0.05) is 37.5 Å². The number of aromatic nitrogens is 1. The monoisotopic (exact) mass is 508 g/mol. The average Bonchev–Trinajstić information content (AvgIpc) is 3.42. The number of rotatable bonds is 6. The summed E-state index contributed by atoms with van der Waals surface area (Å²) in [5.74, 6) is -0.236. The molecule has 3 aromatic rings. The lowest BCUT2D eigenvalue weighted by Crippen LogP contribution is -2.38. The zero-order valence-electron chi connectivity index (χ0n) is 20.0. The molecule has 2 saturated heterocycles. The second-order valence-corrected chi connectivity index (χ2v) is 9.99. The predicted molar refractivity (Wildman–Crippen MR) is 138 cm³/mol. The van der Waals surface area contributed by atoms with Gasteiger partial charge in [-0.1, -0.05) is 24.3 Å². The van der Waals surface area contributed by atoms with Gasteiger partial charge < -0.3 is 19.9 Å². The van der Waals surface area contributed by atoms with Gasteiger partial charge in [0.25, 0.3) is 5.91 Å². The Morgan fingerprint density at radius 2 is 1.75 bits per heavy atom. The number of piperidine rings is 1. The molecular weight excluding hydrogens is 479 g/mol. The Bertz CT molecular complexity index is 1200. The maximum atomic E-state index is 13.1. The fourth-order valence-electron chi connectivity index (χ4n) is 4.69. The van der Waals surface area contributed by atoms with E-state index in [4.69, 9.17) is 4.74 Å². The molecule has 0 atom stereocenters. The van der Waals surface area contributed by atoms with Crippen LogP contribution in [0.15, 0.2) is 53.9 Å². The lowest BCUT2D eigenvalue weighted by molar-refractivity contribution is -0.131. The van der Waals surface area contributed by atoms with Crippen LogP contribution in [-0.2, 0) is 16.0 Å². The van der Waals surface area contributed by atoms with E-state index in [9.17, 15) is 14.0 Å². The Kier molecular flexibility index (Phi) is 7.58. The number of thiazole rings is 1. The predicted octanol–water partition coefficient (Wildman–Crippen LogP) is 4.32. The number of anilines is 2. The minimum atomic E-state index is -0.301. The largest absolute Gasteiger partial charge is 0.378 e. The molecule has 7 nitrogen and oxygen atoms in total. The molecule has 2 aliphatic rings. The van der Waals surface area contributed by atoms with E-state index in [1.54, 1.807) is 12.1 Å². The molecule has 0 unspecified atom stereocenters. The number of hydrogen-bond acceptors (Lipinski definition) is 6. The van der Waals surface area contributed by atoms with Crippen molar-refractivity contribution in [2.75, 3.05) is 49.6 Å². The highest BCUT2D eigenvalue weighted by atomic mass is 32.1. The van der Waals surface area contributed by atoms with E-state index in [-0.39, 0.29) is 30.0 Å². The molecule has 0 spiro atoms. The fraction of sp³-hybridized carbons (Fsp3) is 0.370. The smallest absolute Gasteiger partial charge is 0.275 e. The molecule has 0 bridgehead atoms. The SMILES string of the molecule is O=C(Nc1ccccc1N1CCOCC1)c1csc(C2CCN(C(=O)Cc3ccc(F)cc3)CC2)n1. The maximum Gasteiger partial charge on any atom is 0.275 e. The number of benzene rings is 2. The highest BCUT2D eigenvalue weighted by Crippen LogP contribution is 2.31. The Balaban J connectivity index is 1.16. The first-order valence-electron chi connectivity index (χ1n) is 12.3. The minimum Gasteiger partial charge on any atom is -0.378 e. The molecule has 2 fully saturated rings. The fourth-order valence-corrected chi connectivity index (χ4v) is 5.66. The van der Waals surface area contributed by atoms with E-state index in [0.717, 1.165) is 47.9 Å². The van der Waals surface area contributed by atoms with E-state index in [2.05, 4.69) is 15.2 Å². The van der Waals surface area contributed by atoms with Crippen LogP contribution in [0.5, 0.6) is 0 Å². The maximum absolute atomic E-state index is 13.1. The number of carbonyl (C=O) groups excluding carboxylic acids is 2. The Labute approximate surface area is 213 Å². The Hall–Kier alpha value is -3.30. The van der Waals surface area contributed by atoms with Crippen LogP contribution in [0.2, 0.25) is 0 Å².